The smallest absolute Gasteiger partial charge is 0.229 e. The van der Waals surface area contributed by atoms with Crippen LogP contribution in [0.15, 0.2) is 17.0 Å². The quantitative estimate of drug-likeness (QED) is 0.844. The molecule has 6 heteroatoms. The lowest BCUT2D eigenvalue weighted by atomic mass is 10.1. The molecule has 17 heavy (non-hydrogen) atoms. The number of aryl methyl sites for hydroxylation is 1. The molecule has 2 rings (SSSR count). The highest BCUT2D eigenvalue weighted by Gasteiger charge is 2.16. The Kier molecular flexibility index (Phi) is 3.53. The average molecular weight is 235 g/mol. The van der Waals surface area contributed by atoms with Gasteiger partial charge in [-0.15, -0.1) is 0 Å². The molecule has 0 saturated heterocycles. The Labute approximate surface area is 99.8 Å². The Bertz CT molecular complexity index is 476. The molecule has 0 aliphatic rings. The van der Waals surface area contributed by atoms with Gasteiger partial charge in [-0.1, -0.05) is 12.1 Å². The van der Waals surface area contributed by atoms with E-state index in [1.165, 1.54) is 0 Å². The van der Waals surface area contributed by atoms with Crippen molar-refractivity contribution in [3.63, 3.8) is 0 Å². The fourth-order valence-electron chi connectivity index (χ4n) is 1.66. The average Bonchev–Trinajstić information content (AvgIpc) is 2.93. The van der Waals surface area contributed by atoms with Crippen LogP contribution in [-0.2, 0) is 7.05 Å². The number of nitrogens with zero attached hydrogens (tertiary/aromatic N) is 4. The summed E-state index contributed by atoms with van der Waals surface area (Å²) in [6.07, 6.45) is 5.36. The maximum absolute atomic E-state index is 5.48. The molecule has 2 N–H and O–H groups in total. The van der Waals surface area contributed by atoms with Gasteiger partial charge in [-0.3, -0.25) is 0 Å². The maximum atomic E-state index is 5.48. The van der Waals surface area contributed by atoms with E-state index in [4.69, 9.17) is 10.3 Å². The van der Waals surface area contributed by atoms with Crippen LogP contribution in [0.3, 0.4) is 0 Å². The predicted octanol–water partition coefficient (Wildman–Crippen LogP) is 1.31. The Morgan fingerprint density at radius 3 is 3.00 bits per heavy atom. The van der Waals surface area contributed by atoms with Crippen molar-refractivity contribution in [3.05, 3.63) is 18.4 Å². The van der Waals surface area contributed by atoms with E-state index in [1.54, 1.807) is 12.5 Å². The minimum Gasteiger partial charge on any atom is -0.339 e. The van der Waals surface area contributed by atoms with Gasteiger partial charge in [0.05, 0.1) is 12.5 Å². The van der Waals surface area contributed by atoms with E-state index in [1.807, 2.05) is 11.6 Å². The largest absolute Gasteiger partial charge is 0.339 e. The summed E-state index contributed by atoms with van der Waals surface area (Å²) in [4.78, 5) is 8.41. The van der Waals surface area contributed by atoms with Crippen LogP contribution in [0.5, 0.6) is 0 Å². The third kappa shape index (κ3) is 2.52. The number of rotatable bonds is 5. The second-order valence-corrected chi connectivity index (χ2v) is 4.18. The van der Waals surface area contributed by atoms with Gasteiger partial charge in [0.2, 0.25) is 11.7 Å². The molecule has 2 aromatic rings. The van der Waals surface area contributed by atoms with E-state index in [0.717, 1.165) is 18.5 Å². The molecular weight excluding hydrogens is 218 g/mol. The molecule has 2 aromatic heterocycles. The summed E-state index contributed by atoms with van der Waals surface area (Å²) in [6.45, 7) is 2.75. The number of imidazole rings is 1. The lowest BCUT2D eigenvalue weighted by Gasteiger charge is -2.03. The molecule has 0 spiro atoms. The third-order valence-corrected chi connectivity index (χ3v) is 2.75. The lowest BCUT2D eigenvalue weighted by molar-refractivity contribution is 0.352. The van der Waals surface area contributed by atoms with E-state index >= 15 is 0 Å². The summed E-state index contributed by atoms with van der Waals surface area (Å²) in [5.74, 6) is 1.49. The summed E-state index contributed by atoms with van der Waals surface area (Å²) in [5.41, 5.74) is 6.33. The molecule has 0 amide bonds. The van der Waals surface area contributed by atoms with Crippen LogP contribution in [0.25, 0.3) is 11.5 Å². The summed E-state index contributed by atoms with van der Waals surface area (Å²) in [7, 11) is 1.90. The first-order valence-electron chi connectivity index (χ1n) is 5.72. The van der Waals surface area contributed by atoms with Crippen LogP contribution in [0, 0.1) is 0 Å². The van der Waals surface area contributed by atoms with Crippen molar-refractivity contribution >= 4 is 0 Å². The topological polar surface area (TPSA) is 82.8 Å². The SMILES string of the molecule is CC(CCCN)c1nc(-c2cncn2C)no1. The molecule has 0 aliphatic carbocycles. The van der Waals surface area contributed by atoms with Gasteiger partial charge in [-0.25, -0.2) is 4.98 Å². The van der Waals surface area contributed by atoms with Crippen molar-refractivity contribution in [2.45, 2.75) is 25.7 Å². The summed E-state index contributed by atoms with van der Waals surface area (Å²) in [6, 6.07) is 0. The van der Waals surface area contributed by atoms with E-state index < -0.39 is 0 Å². The molecule has 2 heterocycles. The molecule has 92 valence electrons. The monoisotopic (exact) mass is 235 g/mol. The van der Waals surface area contributed by atoms with Crippen molar-refractivity contribution < 1.29 is 4.52 Å². The summed E-state index contributed by atoms with van der Waals surface area (Å²) < 4.78 is 7.12. The Balaban J connectivity index is 2.13. The highest BCUT2D eigenvalue weighted by Crippen LogP contribution is 2.21. The summed E-state index contributed by atoms with van der Waals surface area (Å²) in [5, 5.41) is 3.97. The van der Waals surface area contributed by atoms with Gasteiger partial charge in [0, 0.05) is 13.0 Å². The van der Waals surface area contributed by atoms with E-state index in [-0.39, 0.29) is 5.92 Å². The number of hydrogen-bond donors (Lipinski definition) is 1. The van der Waals surface area contributed by atoms with Crippen molar-refractivity contribution in [1.29, 1.82) is 0 Å². The minimum absolute atomic E-state index is 0.244. The molecule has 0 aromatic carbocycles. The van der Waals surface area contributed by atoms with Gasteiger partial charge >= 0.3 is 0 Å². The zero-order chi connectivity index (χ0) is 12.3. The zero-order valence-corrected chi connectivity index (χ0v) is 10.1. The maximum Gasteiger partial charge on any atom is 0.229 e. The molecule has 0 bridgehead atoms. The standard InChI is InChI=1S/C11H17N5O/c1-8(4-3-5-12)11-14-10(15-17-11)9-6-13-7-16(9)2/h6-8H,3-5,12H2,1-2H3. The van der Waals surface area contributed by atoms with Gasteiger partial charge in [0.15, 0.2) is 0 Å². The van der Waals surface area contributed by atoms with E-state index in [0.29, 0.717) is 18.3 Å². The van der Waals surface area contributed by atoms with Gasteiger partial charge in [0.25, 0.3) is 0 Å². The van der Waals surface area contributed by atoms with Gasteiger partial charge < -0.3 is 14.8 Å². The Morgan fingerprint density at radius 1 is 1.53 bits per heavy atom. The first kappa shape index (κ1) is 11.8. The summed E-state index contributed by atoms with van der Waals surface area (Å²) >= 11 is 0. The van der Waals surface area contributed by atoms with Crippen molar-refractivity contribution in [2.75, 3.05) is 6.54 Å². The lowest BCUT2D eigenvalue weighted by Crippen LogP contribution is -2.02. The number of nitrogens with two attached hydrogens (primary N) is 1. The fourth-order valence-corrected chi connectivity index (χ4v) is 1.66. The first-order valence-corrected chi connectivity index (χ1v) is 5.72. The van der Waals surface area contributed by atoms with E-state index in [9.17, 15) is 0 Å². The molecule has 0 fully saturated rings. The highest BCUT2D eigenvalue weighted by molar-refractivity contribution is 5.47. The normalized spacial score (nSPS) is 12.9. The van der Waals surface area contributed by atoms with Crippen molar-refractivity contribution in [3.8, 4) is 11.5 Å². The zero-order valence-electron chi connectivity index (χ0n) is 10.1. The van der Waals surface area contributed by atoms with Crippen LogP contribution < -0.4 is 5.73 Å². The van der Waals surface area contributed by atoms with Crippen molar-refractivity contribution in [2.24, 2.45) is 12.8 Å². The number of aromatic nitrogens is 4. The molecular formula is C11H17N5O. The molecule has 0 aliphatic heterocycles. The van der Waals surface area contributed by atoms with Gasteiger partial charge in [0.1, 0.15) is 5.69 Å². The first-order chi connectivity index (χ1) is 8.22. The van der Waals surface area contributed by atoms with Crippen LogP contribution in [0.2, 0.25) is 0 Å². The molecule has 0 saturated carbocycles. The molecule has 1 atom stereocenters. The van der Waals surface area contributed by atoms with Crippen LogP contribution in [-0.4, -0.2) is 26.2 Å². The molecule has 0 radical (unpaired) electrons. The van der Waals surface area contributed by atoms with Crippen LogP contribution in [0.1, 0.15) is 31.6 Å². The molecule has 6 nitrogen and oxygen atoms in total. The number of hydrogen-bond acceptors (Lipinski definition) is 5. The highest BCUT2D eigenvalue weighted by atomic mass is 16.5. The van der Waals surface area contributed by atoms with Crippen LogP contribution in [0.4, 0.5) is 0 Å². The Hall–Kier alpha value is -1.69. The second-order valence-electron chi connectivity index (χ2n) is 4.18. The molecule has 1 unspecified atom stereocenters. The third-order valence-electron chi connectivity index (χ3n) is 2.75. The van der Waals surface area contributed by atoms with Crippen molar-refractivity contribution in [1.82, 2.24) is 19.7 Å². The second kappa shape index (κ2) is 5.09. The van der Waals surface area contributed by atoms with Gasteiger partial charge in [-0.2, -0.15) is 4.98 Å². The Morgan fingerprint density at radius 2 is 2.35 bits per heavy atom. The van der Waals surface area contributed by atoms with E-state index in [2.05, 4.69) is 22.0 Å². The van der Waals surface area contributed by atoms with Gasteiger partial charge in [-0.05, 0) is 19.4 Å². The predicted molar refractivity (Wildman–Crippen MR) is 63.2 cm³/mol. The fraction of sp³-hybridized carbons (Fsp3) is 0.545. The van der Waals surface area contributed by atoms with Crippen LogP contribution >= 0.6 is 0 Å². The minimum atomic E-state index is 0.244.